The molecule has 1 aromatic carbocycles. The number of methoxy groups -OCH3 is 1. The fourth-order valence-corrected chi connectivity index (χ4v) is 1.94. The summed E-state index contributed by atoms with van der Waals surface area (Å²) in [6.45, 7) is 0.960. The van der Waals surface area contributed by atoms with Crippen LogP contribution in [0.1, 0.15) is 5.56 Å². The zero-order valence-electron chi connectivity index (χ0n) is 10.6. The Morgan fingerprint density at radius 3 is 3.05 bits per heavy atom. The zero-order chi connectivity index (χ0) is 13.1. The van der Waals surface area contributed by atoms with E-state index in [0.29, 0.717) is 19.2 Å². The summed E-state index contributed by atoms with van der Waals surface area (Å²) in [7, 11) is 1.61. The SMILES string of the molecule is COc1ncccc1NCc1ccc2c(c1)OCO2. The highest BCUT2D eigenvalue weighted by molar-refractivity contribution is 5.53. The van der Waals surface area contributed by atoms with Crippen LogP contribution in [0.2, 0.25) is 0 Å². The van der Waals surface area contributed by atoms with Gasteiger partial charge < -0.3 is 19.5 Å². The first-order valence-corrected chi connectivity index (χ1v) is 5.98. The molecule has 0 fully saturated rings. The molecule has 1 aliphatic rings. The maximum atomic E-state index is 5.35. The smallest absolute Gasteiger partial charge is 0.237 e. The summed E-state index contributed by atoms with van der Waals surface area (Å²) in [4.78, 5) is 4.14. The van der Waals surface area contributed by atoms with Crippen LogP contribution >= 0.6 is 0 Å². The molecule has 2 heterocycles. The van der Waals surface area contributed by atoms with Gasteiger partial charge in [-0.1, -0.05) is 6.07 Å². The van der Waals surface area contributed by atoms with E-state index in [1.807, 2.05) is 30.3 Å². The highest BCUT2D eigenvalue weighted by Crippen LogP contribution is 2.32. The van der Waals surface area contributed by atoms with E-state index >= 15 is 0 Å². The van der Waals surface area contributed by atoms with E-state index < -0.39 is 0 Å². The Balaban J connectivity index is 1.72. The van der Waals surface area contributed by atoms with Gasteiger partial charge in [0.1, 0.15) is 0 Å². The highest BCUT2D eigenvalue weighted by Gasteiger charge is 2.13. The molecule has 0 spiro atoms. The Morgan fingerprint density at radius 2 is 2.16 bits per heavy atom. The maximum absolute atomic E-state index is 5.35. The first-order valence-electron chi connectivity index (χ1n) is 5.98. The predicted octanol–water partition coefficient (Wildman–Crippen LogP) is 2.43. The van der Waals surface area contributed by atoms with Crippen LogP contribution < -0.4 is 19.5 Å². The van der Waals surface area contributed by atoms with Gasteiger partial charge in [-0.05, 0) is 29.8 Å². The number of ether oxygens (including phenoxy) is 3. The second-order valence-electron chi connectivity index (χ2n) is 4.10. The van der Waals surface area contributed by atoms with Gasteiger partial charge in [-0.25, -0.2) is 4.98 Å². The van der Waals surface area contributed by atoms with Crippen LogP contribution in [0.15, 0.2) is 36.5 Å². The van der Waals surface area contributed by atoms with Crippen molar-refractivity contribution in [3.8, 4) is 17.4 Å². The summed E-state index contributed by atoms with van der Waals surface area (Å²) in [5.41, 5.74) is 1.97. The molecule has 0 amide bonds. The van der Waals surface area contributed by atoms with E-state index in [4.69, 9.17) is 14.2 Å². The minimum absolute atomic E-state index is 0.294. The lowest BCUT2D eigenvalue weighted by Crippen LogP contribution is -2.02. The molecule has 19 heavy (non-hydrogen) atoms. The molecule has 0 radical (unpaired) electrons. The Bertz CT molecular complexity index is 587. The van der Waals surface area contributed by atoms with Gasteiger partial charge in [0.25, 0.3) is 0 Å². The summed E-state index contributed by atoms with van der Waals surface area (Å²) in [6, 6.07) is 9.69. The van der Waals surface area contributed by atoms with Gasteiger partial charge in [0.15, 0.2) is 11.5 Å². The van der Waals surface area contributed by atoms with Gasteiger partial charge in [0.05, 0.1) is 12.8 Å². The highest BCUT2D eigenvalue weighted by atomic mass is 16.7. The second-order valence-corrected chi connectivity index (χ2v) is 4.10. The van der Waals surface area contributed by atoms with Crippen LogP contribution in [-0.4, -0.2) is 18.9 Å². The van der Waals surface area contributed by atoms with Crippen LogP contribution in [0.3, 0.4) is 0 Å². The number of benzene rings is 1. The number of fused-ring (bicyclic) bond motifs is 1. The third-order valence-electron chi connectivity index (χ3n) is 2.88. The zero-order valence-corrected chi connectivity index (χ0v) is 10.6. The normalized spacial score (nSPS) is 12.3. The van der Waals surface area contributed by atoms with Gasteiger partial charge in [0.2, 0.25) is 12.7 Å². The standard InChI is InChI=1S/C14H14N2O3/c1-17-14-11(3-2-6-15-14)16-8-10-4-5-12-13(7-10)19-9-18-12/h2-7,16H,8-9H2,1H3. The Labute approximate surface area is 111 Å². The number of hydrogen-bond acceptors (Lipinski definition) is 5. The molecule has 0 saturated carbocycles. The van der Waals surface area contributed by atoms with Crippen molar-refractivity contribution >= 4 is 5.69 Å². The van der Waals surface area contributed by atoms with Crippen molar-refractivity contribution in [2.75, 3.05) is 19.2 Å². The van der Waals surface area contributed by atoms with E-state index in [1.165, 1.54) is 0 Å². The van der Waals surface area contributed by atoms with E-state index in [2.05, 4.69) is 10.3 Å². The van der Waals surface area contributed by atoms with E-state index in [-0.39, 0.29) is 0 Å². The molecule has 5 nitrogen and oxygen atoms in total. The van der Waals surface area contributed by atoms with Crippen LogP contribution in [0.5, 0.6) is 17.4 Å². The monoisotopic (exact) mass is 258 g/mol. The molecule has 1 aromatic heterocycles. The Hall–Kier alpha value is -2.43. The van der Waals surface area contributed by atoms with Gasteiger partial charge in [-0.2, -0.15) is 0 Å². The average Bonchev–Trinajstić information content (AvgIpc) is 2.93. The largest absolute Gasteiger partial charge is 0.480 e. The lowest BCUT2D eigenvalue weighted by molar-refractivity contribution is 0.174. The minimum Gasteiger partial charge on any atom is -0.480 e. The summed E-state index contributed by atoms with van der Waals surface area (Å²) in [6.07, 6.45) is 1.70. The van der Waals surface area contributed by atoms with E-state index in [0.717, 1.165) is 22.7 Å². The van der Waals surface area contributed by atoms with Crippen LogP contribution in [-0.2, 0) is 6.54 Å². The van der Waals surface area contributed by atoms with Gasteiger partial charge in [-0.15, -0.1) is 0 Å². The fraction of sp³-hybridized carbons (Fsp3) is 0.214. The average molecular weight is 258 g/mol. The fourth-order valence-electron chi connectivity index (χ4n) is 1.94. The molecule has 5 heteroatoms. The lowest BCUT2D eigenvalue weighted by Gasteiger charge is -2.10. The van der Waals surface area contributed by atoms with Crippen molar-refractivity contribution in [3.63, 3.8) is 0 Å². The summed E-state index contributed by atoms with van der Waals surface area (Å²) >= 11 is 0. The molecule has 0 aliphatic carbocycles. The van der Waals surface area contributed by atoms with Crippen molar-refractivity contribution in [1.29, 1.82) is 0 Å². The lowest BCUT2D eigenvalue weighted by atomic mass is 10.2. The molecule has 0 saturated heterocycles. The number of anilines is 1. The van der Waals surface area contributed by atoms with E-state index in [9.17, 15) is 0 Å². The van der Waals surface area contributed by atoms with E-state index in [1.54, 1.807) is 13.3 Å². The quantitative estimate of drug-likeness (QED) is 0.912. The second kappa shape index (κ2) is 5.06. The number of rotatable bonds is 4. The maximum Gasteiger partial charge on any atom is 0.237 e. The van der Waals surface area contributed by atoms with Crippen molar-refractivity contribution in [2.45, 2.75) is 6.54 Å². The Morgan fingerprint density at radius 1 is 1.26 bits per heavy atom. The number of nitrogens with zero attached hydrogens (tertiary/aromatic N) is 1. The number of pyridine rings is 1. The molecular formula is C14H14N2O3. The molecular weight excluding hydrogens is 244 g/mol. The van der Waals surface area contributed by atoms with Gasteiger partial charge in [-0.3, -0.25) is 0 Å². The van der Waals surface area contributed by atoms with Crippen LogP contribution in [0, 0.1) is 0 Å². The molecule has 0 atom stereocenters. The van der Waals surface area contributed by atoms with Crippen molar-refractivity contribution in [3.05, 3.63) is 42.1 Å². The molecule has 0 bridgehead atoms. The molecule has 98 valence electrons. The van der Waals surface area contributed by atoms with Crippen molar-refractivity contribution < 1.29 is 14.2 Å². The van der Waals surface area contributed by atoms with Crippen molar-refractivity contribution in [1.82, 2.24) is 4.98 Å². The molecule has 2 aromatic rings. The molecule has 3 rings (SSSR count). The summed E-state index contributed by atoms with van der Waals surface area (Å²) in [5.74, 6) is 2.17. The summed E-state index contributed by atoms with van der Waals surface area (Å²) < 4.78 is 15.8. The van der Waals surface area contributed by atoms with Gasteiger partial charge >= 0.3 is 0 Å². The van der Waals surface area contributed by atoms with Crippen molar-refractivity contribution in [2.24, 2.45) is 0 Å². The third kappa shape index (κ3) is 2.40. The predicted molar refractivity (Wildman–Crippen MR) is 70.7 cm³/mol. The number of aromatic nitrogens is 1. The van der Waals surface area contributed by atoms with Crippen LogP contribution in [0.25, 0.3) is 0 Å². The first kappa shape index (κ1) is 11.6. The first-order chi connectivity index (χ1) is 9.36. The number of hydrogen-bond donors (Lipinski definition) is 1. The third-order valence-corrected chi connectivity index (χ3v) is 2.88. The number of nitrogens with one attached hydrogen (secondary N) is 1. The molecule has 0 unspecified atom stereocenters. The minimum atomic E-state index is 0.294. The summed E-state index contributed by atoms with van der Waals surface area (Å²) in [5, 5.41) is 3.29. The molecule has 1 N–H and O–H groups in total. The molecule has 1 aliphatic heterocycles. The van der Waals surface area contributed by atoms with Gasteiger partial charge in [0, 0.05) is 12.7 Å². The van der Waals surface area contributed by atoms with Crippen LogP contribution in [0.4, 0.5) is 5.69 Å². The Kier molecular flexibility index (Phi) is 3.10. The topological polar surface area (TPSA) is 52.6 Å².